The Balaban J connectivity index is 1.09. The van der Waals surface area contributed by atoms with Gasteiger partial charge in [-0.1, -0.05) is 60.7 Å². The van der Waals surface area contributed by atoms with Gasteiger partial charge in [-0.15, -0.1) is 0 Å². The van der Waals surface area contributed by atoms with Crippen LogP contribution >= 0.6 is 0 Å². The number of imidazole rings is 2. The zero-order chi connectivity index (χ0) is 28.5. The van der Waals surface area contributed by atoms with Crippen LogP contribution in [0.4, 0.5) is 11.4 Å². The Labute approximate surface area is 241 Å². The molecule has 7 aromatic rings. The first-order chi connectivity index (χ1) is 20.6. The van der Waals surface area contributed by atoms with Gasteiger partial charge >= 0.3 is 0 Å². The van der Waals surface area contributed by atoms with Crippen molar-refractivity contribution < 1.29 is 0 Å². The Bertz CT molecular complexity index is 1910. The molecular weight excluding hydrogens is 520 g/mol. The number of benzene rings is 5. The molecule has 0 fully saturated rings. The largest absolute Gasteiger partial charge is 0.340 e. The minimum absolute atomic E-state index is 0.325. The number of hydrogen-bond acceptors (Lipinski definition) is 4. The molecule has 2 aromatic heterocycles. The summed E-state index contributed by atoms with van der Waals surface area (Å²) in [5, 5.41) is 23.2. The quantitative estimate of drug-likeness (QED) is 0.0945. The number of H-pyrrole nitrogens is 2. The van der Waals surface area contributed by atoms with Crippen LogP contribution in [0.1, 0.15) is 11.1 Å². The van der Waals surface area contributed by atoms with Crippen LogP contribution in [0.3, 0.4) is 0 Å². The minimum Gasteiger partial charge on any atom is -0.340 e. The molecule has 0 aliphatic rings. The number of aromatic nitrogens is 4. The van der Waals surface area contributed by atoms with Gasteiger partial charge in [0.2, 0.25) is 0 Å². The van der Waals surface area contributed by atoms with Crippen LogP contribution in [0.2, 0.25) is 0 Å². The molecule has 202 valence electrons. The van der Waals surface area contributed by atoms with Gasteiger partial charge in [0.1, 0.15) is 23.3 Å². The summed E-state index contributed by atoms with van der Waals surface area (Å²) in [4.78, 5) is 16.3. The second kappa shape index (κ2) is 10.5. The zero-order valence-electron chi connectivity index (χ0n) is 22.4. The predicted molar refractivity (Wildman–Crippen MR) is 170 cm³/mol. The van der Waals surface area contributed by atoms with Crippen molar-refractivity contribution in [1.29, 1.82) is 10.8 Å². The number of amidine groups is 2. The Kier molecular flexibility index (Phi) is 6.25. The van der Waals surface area contributed by atoms with Crippen LogP contribution in [0, 0.1) is 10.8 Å². The summed E-state index contributed by atoms with van der Waals surface area (Å²) in [5.41, 5.74) is 8.61. The van der Waals surface area contributed by atoms with E-state index in [9.17, 15) is 0 Å². The SMILES string of the molecule is N=C(Nc1ccccc1)c1ccc2nc(-c3ccc(-c4nc5ccc(C(=N)Nc6ccccc6)cc5[nH]4)cc3)[nH]c2c1. The van der Waals surface area contributed by atoms with E-state index >= 15 is 0 Å². The van der Waals surface area contributed by atoms with E-state index in [0.29, 0.717) is 11.7 Å². The molecule has 0 bridgehead atoms. The maximum Gasteiger partial charge on any atom is 0.138 e. The molecule has 0 atom stereocenters. The summed E-state index contributed by atoms with van der Waals surface area (Å²) < 4.78 is 0. The van der Waals surface area contributed by atoms with E-state index in [4.69, 9.17) is 20.8 Å². The van der Waals surface area contributed by atoms with Crippen LogP contribution in [0.25, 0.3) is 44.8 Å². The average molecular weight is 547 g/mol. The van der Waals surface area contributed by atoms with Gasteiger partial charge in [-0.3, -0.25) is 10.8 Å². The van der Waals surface area contributed by atoms with Gasteiger partial charge in [0.05, 0.1) is 22.1 Å². The fraction of sp³-hybridized carbons (Fsp3) is 0. The third-order valence-corrected chi connectivity index (χ3v) is 7.06. The Morgan fingerprint density at radius 1 is 0.500 bits per heavy atom. The molecule has 0 radical (unpaired) electrons. The van der Waals surface area contributed by atoms with Crippen LogP contribution in [-0.2, 0) is 0 Å². The van der Waals surface area contributed by atoms with E-state index in [2.05, 4.69) is 20.6 Å². The molecule has 0 spiro atoms. The molecule has 7 rings (SSSR count). The number of hydrogen-bond donors (Lipinski definition) is 6. The topological polar surface area (TPSA) is 129 Å². The third-order valence-electron chi connectivity index (χ3n) is 7.06. The van der Waals surface area contributed by atoms with Gasteiger partial charge in [-0.2, -0.15) is 0 Å². The maximum absolute atomic E-state index is 8.47. The lowest BCUT2D eigenvalue weighted by molar-refractivity contribution is 1.32. The molecule has 2 heterocycles. The first kappa shape index (κ1) is 25.0. The standard InChI is InChI=1S/C34H26N8/c35-31(37-25-7-3-1-4-8-25)23-15-17-27-29(19-23)41-33(39-27)21-11-13-22(14-12-21)34-40-28-18-16-24(20-30(28)42-34)32(36)38-26-9-5-2-6-10-26/h1-20H,(H2,35,37)(H2,36,38)(H,39,41)(H,40,42). The van der Waals surface area contributed by atoms with E-state index in [1.54, 1.807) is 0 Å². The molecule has 0 amide bonds. The Morgan fingerprint density at radius 3 is 1.31 bits per heavy atom. The van der Waals surface area contributed by atoms with Gasteiger partial charge in [-0.05, 0) is 60.7 Å². The monoisotopic (exact) mass is 546 g/mol. The van der Waals surface area contributed by atoms with Crippen molar-refractivity contribution in [3.05, 3.63) is 132 Å². The molecule has 0 unspecified atom stereocenters. The molecule has 5 aromatic carbocycles. The predicted octanol–water partition coefficient (Wildman–Crippen LogP) is 7.65. The lowest BCUT2D eigenvalue weighted by Gasteiger charge is -2.07. The molecule has 42 heavy (non-hydrogen) atoms. The number of anilines is 2. The van der Waals surface area contributed by atoms with Crippen molar-refractivity contribution in [2.75, 3.05) is 10.6 Å². The summed E-state index contributed by atoms with van der Waals surface area (Å²) in [5.74, 6) is 2.17. The highest BCUT2D eigenvalue weighted by atomic mass is 15.0. The van der Waals surface area contributed by atoms with Crippen molar-refractivity contribution in [2.24, 2.45) is 0 Å². The number of para-hydroxylation sites is 2. The van der Waals surface area contributed by atoms with Crippen LogP contribution in [0.5, 0.6) is 0 Å². The normalized spacial score (nSPS) is 11.0. The molecule has 0 saturated carbocycles. The molecule has 8 heteroatoms. The maximum atomic E-state index is 8.47. The zero-order valence-corrected chi connectivity index (χ0v) is 22.4. The molecule has 0 aliphatic carbocycles. The average Bonchev–Trinajstić information content (AvgIpc) is 3.66. The molecule has 8 nitrogen and oxygen atoms in total. The Morgan fingerprint density at radius 2 is 0.905 bits per heavy atom. The molecule has 0 saturated heterocycles. The summed E-state index contributed by atoms with van der Waals surface area (Å²) in [7, 11) is 0. The number of fused-ring (bicyclic) bond motifs is 2. The van der Waals surface area contributed by atoms with E-state index in [-0.39, 0.29) is 0 Å². The Hall–Kier alpha value is -6.02. The van der Waals surface area contributed by atoms with E-state index in [1.807, 2.05) is 121 Å². The fourth-order valence-corrected chi connectivity index (χ4v) is 4.87. The first-order valence-corrected chi connectivity index (χ1v) is 13.5. The number of nitrogens with one attached hydrogen (secondary N) is 6. The van der Waals surface area contributed by atoms with Crippen LogP contribution < -0.4 is 10.6 Å². The highest BCUT2D eigenvalue weighted by Gasteiger charge is 2.11. The fourth-order valence-electron chi connectivity index (χ4n) is 4.87. The summed E-state index contributed by atoms with van der Waals surface area (Å²) in [6.45, 7) is 0. The van der Waals surface area contributed by atoms with Gasteiger partial charge < -0.3 is 20.6 Å². The van der Waals surface area contributed by atoms with Gasteiger partial charge in [0, 0.05) is 33.6 Å². The van der Waals surface area contributed by atoms with Crippen molar-refractivity contribution in [1.82, 2.24) is 19.9 Å². The summed E-state index contributed by atoms with van der Waals surface area (Å²) in [6.07, 6.45) is 0. The van der Waals surface area contributed by atoms with E-state index < -0.39 is 0 Å². The van der Waals surface area contributed by atoms with Gasteiger partial charge in [0.25, 0.3) is 0 Å². The lowest BCUT2D eigenvalue weighted by atomic mass is 10.1. The van der Waals surface area contributed by atoms with Gasteiger partial charge in [-0.25, -0.2) is 9.97 Å². The molecule has 6 N–H and O–H groups in total. The molecular formula is C34H26N8. The van der Waals surface area contributed by atoms with E-state index in [0.717, 1.165) is 67.3 Å². The van der Waals surface area contributed by atoms with Crippen LogP contribution in [-0.4, -0.2) is 31.6 Å². The summed E-state index contributed by atoms with van der Waals surface area (Å²) in [6, 6.07) is 39.0. The number of nitrogens with zero attached hydrogens (tertiary/aromatic N) is 2. The van der Waals surface area contributed by atoms with E-state index in [1.165, 1.54) is 0 Å². The third kappa shape index (κ3) is 5.00. The van der Waals surface area contributed by atoms with Crippen molar-refractivity contribution >= 4 is 45.1 Å². The highest BCUT2D eigenvalue weighted by molar-refractivity contribution is 6.08. The summed E-state index contributed by atoms with van der Waals surface area (Å²) >= 11 is 0. The number of rotatable bonds is 6. The number of aromatic amines is 2. The van der Waals surface area contributed by atoms with Gasteiger partial charge in [0.15, 0.2) is 0 Å². The highest BCUT2D eigenvalue weighted by Crippen LogP contribution is 2.26. The first-order valence-electron chi connectivity index (χ1n) is 13.5. The second-order valence-electron chi connectivity index (χ2n) is 9.94. The van der Waals surface area contributed by atoms with Crippen molar-refractivity contribution in [2.45, 2.75) is 0 Å². The second-order valence-corrected chi connectivity index (χ2v) is 9.94. The smallest absolute Gasteiger partial charge is 0.138 e. The minimum atomic E-state index is 0.325. The lowest BCUT2D eigenvalue weighted by Crippen LogP contribution is -2.11. The molecule has 0 aliphatic heterocycles. The van der Waals surface area contributed by atoms with Crippen molar-refractivity contribution in [3.8, 4) is 22.8 Å². The van der Waals surface area contributed by atoms with Crippen molar-refractivity contribution in [3.63, 3.8) is 0 Å². The van der Waals surface area contributed by atoms with Crippen LogP contribution in [0.15, 0.2) is 121 Å².